The average Bonchev–Trinajstić information content (AvgIpc) is 3.19. The fraction of sp³-hybridized carbons (Fsp3) is 0.176. The first-order valence-corrected chi connectivity index (χ1v) is 7.17. The van der Waals surface area contributed by atoms with Crippen LogP contribution >= 0.6 is 0 Å². The van der Waals surface area contributed by atoms with Crippen molar-refractivity contribution < 1.29 is 9.21 Å². The molecule has 5 nitrogen and oxygen atoms in total. The van der Waals surface area contributed by atoms with Crippen LogP contribution in [0.1, 0.15) is 23.2 Å². The molecule has 0 spiro atoms. The predicted octanol–water partition coefficient (Wildman–Crippen LogP) is 2.83. The van der Waals surface area contributed by atoms with E-state index in [4.69, 9.17) is 4.42 Å². The minimum absolute atomic E-state index is 0.0273. The van der Waals surface area contributed by atoms with Crippen LogP contribution in [-0.2, 0) is 6.42 Å². The molecular weight excluding hydrogens is 278 g/mol. The first-order valence-electron chi connectivity index (χ1n) is 7.17. The minimum atomic E-state index is -0.186. The first kappa shape index (κ1) is 14.1. The summed E-state index contributed by atoms with van der Waals surface area (Å²) in [5.74, 6) is 0.663. The van der Waals surface area contributed by atoms with Crippen molar-refractivity contribution >= 4 is 5.91 Å². The number of benzene rings is 1. The van der Waals surface area contributed by atoms with Crippen molar-refractivity contribution in [2.45, 2.75) is 19.4 Å². The molecule has 3 aromatic rings. The number of aromatic nitrogens is 2. The third-order valence-corrected chi connectivity index (χ3v) is 3.31. The van der Waals surface area contributed by atoms with Gasteiger partial charge in [-0.1, -0.05) is 18.2 Å². The minimum Gasteiger partial charge on any atom is -0.469 e. The molecule has 2 aromatic heterocycles. The number of amides is 1. The van der Waals surface area contributed by atoms with Crippen LogP contribution in [0.4, 0.5) is 0 Å². The monoisotopic (exact) mass is 295 g/mol. The SMILES string of the molecule is CC(Cc1ccco1)NC(=O)c1ccn(-c2ccccc2)n1. The van der Waals surface area contributed by atoms with E-state index in [0.717, 1.165) is 11.4 Å². The smallest absolute Gasteiger partial charge is 0.272 e. The molecule has 5 heteroatoms. The Balaban J connectivity index is 1.64. The van der Waals surface area contributed by atoms with Crippen LogP contribution in [0.5, 0.6) is 0 Å². The number of hydrogen-bond acceptors (Lipinski definition) is 3. The van der Waals surface area contributed by atoms with E-state index in [2.05, 4.69) is 10.4 Å². The lowest BCUT2D eigenvalue weighted by atomic mass is 10.2. The molecule has 0 saturated carbocycles. The van der Waals surface area contributed by atoms with E-state index in [1.165, 1.54) is 0 Å². The summed E-state index contributed by atoms with van der Waals surface area (Å²) in [5.41, 5.74) is 1.32. The number of para-hydroxylation sites is 1. The van der Waals surface area contributed by atoms with E-state index in [9.17, 15) is 4.79 Å². The van der Waals surface area contributed by atoms with Crippen LogP contribution in [0.2, 0.25) is 0 Å². The molecule has 3 rings (SSSR count). The van der Waals surface area contributed by atoms with Crippen molar-refractivity contribution in [2.24, 2.45) is 0 Å². The average molecular weight is 295 g/mol. The summed E-state index contributed by atoms with van der Waals surface area (Å²) in [7, 11) is 0. The summed E-state index contributed by atoms with van der Waals surface area (Å²) in [4.78, 5) is 12.2. The van der Waals surface area contributed by atoms with Crippen molar-refractivity contribution in [1.82, 2.24) is 15.1 Å². The Kier molecular flexibility index (Phi) is 4.05. The lowest BCUT2D eigenvalue weighted by molar-refractivity contribution is 0.0934. The highest BCUT2D eigenvalue weighted by Crippen LogP contribution is 2.08. The van der Waals surface area contributed by atoms with Gasteiger partial charge in [-0.25, -0.2) is 4.68 Å². The lowest BCUT2D eigenvalue weighted by Gasteiger charge is -2.11. The van der Waals surface area contributed by atoms with Gasteiger partial charge >= 0.3 is 0 Å². The van der Waals surface area contributed by atoms with Gasteiger partial charge in [-0.2, -0.15) is 5.10 Å². The van der Waals surface area contributed by atoms with E-state index in [0.29, 0.717) is 12.1 Å². The van der Waals surface area contributed by atoms with Gasteiger partial charge in [0, 0.05) is 18.7 Å². The molecule has 0 bridgehead atoms. The first-order chi connectivity index (χ1) is 10.7. The van der Waals surface area contributed by atoms with E-state index >= 15 is 0 Å². The van der Waals surface area contributed by atoms with Crippen LogP contribution < -0.4 is 5.32 Å². The third-order valence-electron chi connectivity index (χ3n) is 3.31. The molecule has 1 aromatic carbocycles. The molecule has 22 heavy (non-hydrogen) atoms. The fourth-order valence-corrected chi connectivity index (χ4v) is 2.25. The molecule has 2 heterocycles. The molecule has 0 radical (unpaired) electrons. The van der Waals surface area contributed by atoms with Gasteiger partial charge in [-0.3, -0.25) is 4.79 Å². The van der Waals surface area contributed by atoms with Gasteiger partial charge in [0.25, 0.3) is 5.91 Å². The van der Waals surface area contributed by atoms with Crippen LogP contribution in [-0.4, -0.2) is 21.7 Å². The number of hydrogen-bond donors (Lipinski definition) is 1. The highest BCUT2D eigenvalue weighted by Gasteiger charge is 2.14. The van der Waals surface area contributed by atoms with Crippen molar-refractivity contribution in [3.05, 3.63) is 72.4 Å². The normalized spacial score (nSPS) is 12.0. The topological polar surface area (TPSA) is 60.1 Å². The molecule has 0 aliphatic heterocycles. The van der Waals surface area contributed by atoms with Gasteiger partial charge < -0.3 is 9.73 Å². The highest BCUT2D eigenvalue weighted by atomic mass is 16.3. The van der Waals surface area contributed by atoms with Gasteiger partial charge in [0.05, 0.1) is 12.0 Å². The van der Waals surface area contributed by atoms with E-state index in [-0.39, 0.29) is 11.9 Å². The van der Waals surface area contributed by atoms with Gasteiger partial charge in [0.15, 0.2) is 5.69 Å². The van der Waals surface area contributed by atoms with E-state index < -0.39 is 0 Å². The van der Waals surface area contributed by atoms with Crippen molar-refractivity contribution in [3.63, 3.8) is 0 Å². The summed E-state index contributed by atoms with van der Waals surface area (Å²) in [6.07, 6.45) is 4.06. The predicted molar refractivity (Wildman–Crippen MR) is 82.9 cm³/mol. The molecule has 1 amide bonds. The molecule has 0 saturated heterocycles. The Hall–Kier alpha value is -2.82. The number of furan rings is 1. The molecule has 1 N–H and O–H groups in total. The zero-order valence-corrected chi connectivity index (χ0v) is 12.3. The maximum Gasteiger partial charge on any atom is 0.272 e. The van der Waals surface area contributed by atoms with E-state index in [1.54, 1.807) is 23.2 Å². The highest BCUT2D eigenvalue weighted by molar-refractivity contribution is 5.92. The maximum atomic E-state index is 12.2. The maximum absolute atomic E-state index is 12.2. The van der Waals surface area contributed by atoms with Crippen molar-refractivity contribution in [1.29, 1.82) is 0 Å². The number of nitrogens with one attached hydrogen (secondary N) is 1. The van der Waals surface area contributed by atoms with Gasteiger partial charge in [0.2, 0.25) is 0 Å². The number of rotatable bonds is 5. The van der Waals surface area contributed by atoms with Gasteiger partial charge in [0.1, 0.15) is 5.76 Å². The molecule has 1 atom stereocenters. The Morgan fingerprint density at radius 1 is 1.23 bits per heavy atom. The zero-order chi connectivity index (χ0) is 15.4. The second kappa shape index (κ2) is 6.30. The summed E-state index contributed by atoms with van der Waals surface area (Å²) in [5, 5.41) is 7.24. The zero-order valence-electron chi connectivity index (χ0n) is 12.3. The summed E-state index contributed by atoms with van der Waals surface area (Å²) in [6, 6.07) is 15.1. The Labute approximate surface area is 128 Å². The fourth-order valence-electron chi connectivity index (χ4n) is 2.25. The second-order valence-electron chi connectivity index (χ2n) is 5.14. The van der Waals surface area contributed by atoms with Crippen molar-refractivity contribution in [3.8, 4) is 5.69 Å². The summed E-state index contributed by atoms with van der Waals surface area (Å²) in [6.45, 7) is 1.94. The number of nitrogens with zero attached hydrogens (tertiary/aromatic N) is 2. The van der Waals surface area contributed by atoms with Crippen LogP contribution in [0, 0.1) is 0 Å². The number of carbonyl (C=O) groups is 1. The summed E-state index contributed by atoms with van der Waals surface area (Å²) >= 11 is 0. The standard InChI is InChI=1S/C17H17N3O2/c1-13(12-15-8-5-11-22-15)18-17(21)16-9-10-20(19-16)14-6-3-2-4-7-14/h2-11,13H,12H2,1H3,(H,18,21). The van der Waals surface area contributed by atoms with Gasteiger partial charge in [-0.15, -0.1) is 0 Å². The molecule has 112 valence electrons. The Morgan fingerprint density at radius 2 is 2.05 bits per heavy atom. The Bertz CT molecular complexity index is 732. The van der Waals surface area contributed by atoms with E-state index in [1.807, 2.05) is 49.4 Å². The number of carbonyl (C=O) groups excluding carboxylic acids is 1. The Morgan fingerprint density at radius 3 is 2.77 bits per heavy atom. The third kappa shape index (κ3) is 3.25. The lowest BCUT2D eigenvalue weighted by Crippen LogP contribution is -2.34. The van der Waals surface area contributed by atoms with Crippen LogP contribution in [0.3, 0.4) is 0 Å². The second-order valence-corrected chi connectivity index (χ2v) is 5.14. The van der Waals surface area contributed by atoms with Gasteiger partial charge in [-0.05, 0) is 37.3 Å². The van der Waals surface area contributed by atoms with Crippen LogP contribution in [0.25, 0.3) is 5.69 Å². The molecular formula is C17H17N3O2. The van der Waals surface area contributed by atoms with Crippen molar-refractivity contribution in [2.75, 3.05) is 0 Å². The largest absolute Gasteiger partial charge is 0.469 e. The molecule has 0 aliphatic rings. The quantitative estimate of drug-likeness (QED) is 0.787. The van der Waals surface area contributed by atoms with Crippen LogP contribution in [0.15, 0.2) is 65.4 Å². The molecule has 0 fully saturated rings. The molecule has 1 unspecified atom stereocenters. The molecule has 0 aliphatic carbocycles. The summed E-state index contributed by atoms with van der Waals surface area (Å²) < 4.78 is 6.97.